The molecule has 0 aliphatic rings. The molecule has 2 rings (SSSR count). The van der Waals surface area contributed by atoms with E-state index in [-0.39, 0.29) is 0 Å². The van der Waals surface area contributed by atoms with E-state index >= 15 is 0 Å². The minimum absolute atomic E-state index is 0.376. The molecule has 0 spiro atoms. The number of hydrogen-bond acceptors (Lipinski definition) is 2. The summed E-state index contributed by atoms with van der Waals surface area (Å²) in [5.74, 6) is 0.903. The molecule has 0 aromatic heterocycles. The molecule has 106 valence electrons. The molecule has 1 atom stereocenters. The van der Waals surface area contributed by atoms with E-state index in [0.717, 1.165) is 23.6 Å². The Balaban J connectivity index is 2.05. The summed E-state index contributed by atoms with van der Waals surface area (Å²) < 4.78 is 5.27. The number of hydrogen-bond donors (Lipinski definition) is 1. The molecule has 2 nitrogen and oxygen atoms in total. The Morgan fingerprint density at radius 3 is 2.30 bits per heavy atom. The lowest BCUT2D eigenvalue weighted by atomic mass is 9.99. The van der Waals surface area contributed by atoms with Crippen molar-refractivity contribution in [3.8, 4) is 5.75 Å². The Bertz CT molecular complexity index is 556. The Labute approximate surface area is 125 Å². The van der Waals surface area contributed by atoms with Gasteiger partial charge in [-0.2, -0.15) is 0 Å². The smallest absolute Gasteiger partial charge is 0.119 e. The van der Waals surface area contributed by atoms with Gasteiger partial charge in [0.1, 0.15) is 5.75 Å². The summed E-state index contributed by atoms with van der Waals surface area (Å²) in [6, 6.07) is 16.6. The number of rotatable bonds is 6. The van der Waals surface area contributed by atoms with Crippen molar-refractivity contribution < 1.29 is 4.74 Å². The molecule has 1 unspecified atom stereocenters. The largest absolute Gasteiger partial charge is 0.497 e. The minimum Gasteiger partial charge on any atom is -0.497 e. The van der Waals surface area contributed by atoms with Crippen LogP contribution in [0.15, 0.2) is 48.5 Å². The van der Waals surface area contributed by atoms with E-state index in [1.54, 1.807) is 7.11 Å². The van der Waals surface area contributed by atoms with E-state index in [0.29, 0.717) is 6.04 Å². The van der Waals surface area contributed by atoms with Crippen molar-refractivity contribution in [2.24, 2.45) is 0 Å². The molecular weight excluding hydrogens is 270 g/mol. The number of nitrogens with one attached hydrogen (secondary N) is 1. The Morgan fingerprint density at radius 1 is 1.05 bits per heavy atom. The van der Waals surface area contributed by atoms with Crippen LogP contribution in [0.2, 0.25) is 5.02 Å². The van der Waals surface area contributed by atoms with Crippen LogP contribution in [0.3, 0.4) is 0 Å². The van der Waals surface area contributed by atoms with Crippen LogP contribution >= 0.6 is 11.6 Å². The van der Waals surface area contributed by atoms with E-state index < -0.39 is 0 Å². The van der Waals surface area contributed by atoms with Gasteiger partial charge < -0.3 is 10.1 Å². The number of halogens is 1. The standard InChI is InChI=1S/C17H20ClNO/c1-19-16(10-13-5-3-7-15(18)9-13)11-14-6-4-8-17(12-14)20-2/h3-9,12,16,19H,10-11H2,1-2H3. The van der Waals surface area contributed by atoms with Gasteiger partial charge in [0.15, 0.2) is 0 Å². The predicted molar refractivity (Wildman–Crippen MR) is 84.7 cm³/mol. The quantitative estimate of drug-likeness (QED) is 0.875. The first-order valence-electron chi connectivity index (χ1n) is 6.76. The highest BCUT2D eigenvalue weighted by Crippen LogP contribution is 2.17. The van der Waals surface area contributed by atoms with Crippen LogP contribution in [0.4, 0.5) is 0 Å². The molecule has 0 amide bonds. The van der Waals surface area contributed by atoms with Crippen LogP contribution in [0, 0.1) is 0 Å². The van der Waals surface area contributed by atoms with Gasteiger partial charge in [-0.25, -0.2) is 0 Å². The van der Waals surface area contributed by atoms with Crippen molar-refractivity contribution in [2.45, 2.75) is 18.9 Å². The third-order valence-corrected chi connectivity index (χ3v) is 3.63. The Morgan fingerprint density at radius 2 is 1.70 bits per heavy atom. The van der Waals surface area contributed by atoms with Gasteiger partial charge in [-0.15, -0.1) is 0 Å². The molecule has 0 saturated carbocycles. The average molecular weight is 290 g/mol. The van der Waals surface area contributed by atoms with E-state index in [1.807, 2.05) is 37.4 Å². The van der Waals surface area contributed by atoms with Gasteiger partial charge in [0, 0.05) is 11.1 Å². The second kappa shape index (κ2) is 7.32. The number of ether oxygens (including phenoxy) is 1. The highest BCUT2D eigenvalue weighted by atomic mass is 35.5. The second-order valence-corrected chi connectivity index (χ2v) is 5.31. The van der Waals surface area contributed by atoms with Crippen LogP contribution in [0.25, 0.3) is 0 Å². The topological polar surface area (TPSA) is 21.3 Å². The first-order valence-corrected chi connectivity index (χ1v) is 7.13. The van der Waals surface area contributed by atoms with Crippen molar-refractivity contribution in [3.63, 3.8) is 0 Å². The fourth-order valence-electron chi connectivity index (χ4n) is 2.31. The summed E-state index contributed by atoms with van der Waals surface area (Å²) in [7, 11) is 3.69. The van der Waals surface area contributed by atoms with Gasteiger partial charge >= 0.3 is 0 Å². The summed E-state index contributed by atoms with van der Waals surface area (Å²) >= 11 is 6.03. The lowest BCUT2D eigenvalue weighted by Crippen LogP contribution is -2.29. The predicted octanol–water partition coefficient (Wildman–Crippen LogP) is 3.72. The molecular formula is C17H20ClNO. The molecule has 3 heteroatoms. The average Bonchev–Trinajstić information content (AvgIpc) is 2.47. The highest BCUT2D eigenvalue weighted by molar-refractivity contribution is 6.30. The van der Waals surface area contributed by atoms with Crippen molar-refractivity contribution in [3.05, 3.63) is 64.7 Å². The fourth-order valence-corrected chi connectivity index (χ4v) is 2.52. The molecule has 0 saturated heterocycles. The highest BCUT2D eigenvalue weighted by Gasteiger charge is 2.09. The van der Waals surface area contributed by atoms with Crippen molar-refractivity contribution in [1.29, 1.82) is 0 Å². The summed E-state index contributed by atoms with van der Waals surface area (Å²) in [6.07, 6.45) is 1.91. The third kappa shape index (κ3) is 4.26. The van der Waals surface area contributed by atoms with Crippen molar-refractivity contribution in [2.75, 3.05) is 14.2 Å². The van der Waals surface area contributed by atoms with Crippen molar-refractivity contribution in [1.82, 2.24) is 5.32 Å². The minimum atomic E-state index is 0.376. The van der Waals surface area contributed by atoms with E-state index in [2.05, 4.69) is 23.5 Å². The summed E-state index contributed by atoms with van der Waals surface area (Å²) in [4.78, 5) is 0. The van der Waals surface area contributed by atoms with Gasteiger partial charge in [0.2, 0.25) is 0 Å². The number of methoxy groups -OCH3 is 1. The van der Waals surface area contributed by atoms with E-state index in [1.165, 1.54) is 11.1 Å². The van der Waals surface area contributed by atoms with E-state index in [4.69, 9.17) is 16.3 Å². The van der Waals surface area contributed by atoms with Gasteiger partial charge in [-0.1, -0.05) is 35.9 Å². The first kappa shape index (κ1) is 14.9. The molecule has 0 fully saturated rings. The molecule has 0 heterocycles. The monoisotopic (exact) mass is 289 g/mol. The van der Waals surface area contributed by atoms with Crippen LogP contribution < -0.4 is 10.1 Å². The summed E-state index contributed by atoms with van der Waals surface area (Å²) in [6.45, 7) is 0. The van der Waals surface area contributed by atoms with Crippen LogP contribution in [-0.2, 0) is 12.8 Å². The maximum Gasteiger partial charge on any atom is 0.119 e. The zero-order valence-electron chi connectivity index (χ0n) is 11.9. The summed E-state index contributed by atoms with van der Waals surface area (Å²) in [5.41, 5.74) is 2.52. The lowest BCUT2D eigenvalue weighted by molar-refractivity contribution is 0.414. The first-order chi connectivity index (χ1) is 9.71. The van der Waals surface area contributed by atoms with Crippen LogP contribution in [0.5, 0.6) is 5.75 Å². The molecule has 20 heavy (non-hydrogen) atoms. The van der Waals surface area contributed by atoms with E-state index in [9.17, 15) is 0 Å². The second-order valence-electron chi connectivity index (χ2n) is 4.88. The fraction of sp³-hybridized carbons (Fsp3) is 0.294. The summed E-state index contributed by atoms with van der Waals surface area (Å²) in [5, 5.41) is 4.16. The molecule has 0 aliphatic carbocycles. The molecule has 1 N–H and O–H groups in total. The molecule has 0 radical (unpaired) electrons. The van der Waals surface area contributed by atoms with Crippen LogP contribution in [-0.4, -0.2) is 20.2 Å². The maximum absolute atomic E-state index is 6.03. The maximum atomic E-state index is 6.03. The Hall–Kier alpha value is -1.51. The normalized spacial score (nSPS) is 12.2. The van der Waals surface area contributed by atoms with Crippen molar-refractivity contribution >= 4 is 11.6 Å². The molecule has 0 aliphatic heterocycles. The zero-order chi connectivity index (χ0) is 14.4. The number of benzene rings is 2. The SMILES string of the molecule is CNC(Cc1cccc(Cl)c1)Cc1cccc(OC)c1. The van der Waals surface area contributed by atoms with Gasteiger partial charge in [0.25, 0.3) is 0 Å². The molecule has 2 aromatic carbocycles. The number of likely N-dealkylation sites (N-methyl/N-ethyl adjacent to an activating group) is 1. The third-order valence-electron chi connectivity index (χ3n) is 3.40. The molecule has 2 aromatic rings. The zero-order valence-corrected chi connectivity index (χ0v) is 12.7. The molecule has 0 bridgehead atoms. The van der Waals surface area contributed by atoms with Crippen LogP contribution in [0.1, 0.15) is 11.1 Å². The van der Waals surface area contributed by atoms with Gasteiger partial charge in [-0.3, -0.25) is 0 Å². The lowest BCUT2D eigenvalue weighted by Gasteiger charge is -2.17. The van der Waals surface area contributed by atoms with Gasteiger partial charge in [-0.05, 0) is 55.3 Å². The Kier molecular flexibility index (Phi) is 5.45. The van der Waals surface area contributed by atoms with Gasteiger partial charge in [0.05, 0.1) is 7.11 Å².